The number of thiazole rings is 2. The van der Waals surface area contributed by atoms with E-state index in [0.29, 0.717) is 61.0 Å². The highest BCUT2D eigenvalue weighted by atomic mass is 32.1. The standard InChI is InChI=1S/C18H15NOS.C14H11NO3.2C14H11NO2S.C13H10N2O2S/c1-10-4-7-13-9-15(20-14(13)8-10)18-19-16-11(2)5-6-12(3)17(16)21-18;1-8-5-6-9(2)12-11(8)13(16)15(14(12)17)10-4-3-7-18-10;1-8-3-4-9(2)12-11(8)13(16)15(14(12)17)10-5-6-18-7-10;1-8-5-6-9(2)12-11(8)13(16)15(14(12)17)10-4-3-7-18-10;1-7-3-4-8(2)11-10(7)12(16)15(13(11)17)9-5-18-6-14-9/h4-9H,1-3H3;3*3-7H,1-2H3;3-6H,1-2H3. The van der Waals surface area contributed by atoms with E-state index in [1.165, 1.54) is 71.5 Å². The van der Waals surface area contributed by atoms with E-state index in [-0.39, 0.29) is 53.1 Å². The first kappa shape index (κ1) is 62.8. The van der Waals surface area contributed by atoms with Gasteiger partial charge in [0.2, 0.25) is 5.88 Å². The van der Waals surface area contributed by atoms with Crippen molar-refractivity contribution in [3.05, 3.63) is 254 Å². The summed E-state index contributed by atoms with van der Waals surface area (Å²) in [6.07, 6.45) is 1.44. The Kier molecular flexibility index (Phi) is 16.9. The average molecular weight is 1310 g/mol. The van der Waals surface area contributed by atoms with Gasteiger partial charge in [-0.3, -0.25) is 38.4 Å². The molecule has 0 aliphatic carbocycles. The van der Waals surface area contributed by atoms with Crippen molar-refractivity contribution in [1.82, 2.24) is 9.97 Å². The third-order valence-corrected chi connectivity index (χ3v) is 19.8. The van der Waals surface area contributed by atoms with Crippen molar-refractivity contribution < 1.29 is 47.2 Å². The van der Waals surface area contributed by atoms with Crippen LogP contribution in [0.15, 0.2) is 157 Å². The lowest BCUT2D eigenvalue weighted by Gasteiger charge is -2.11. The Morgan fingerprint density at radius 1 is 0.419 bits per heavy atom. The third kappa shape index (κ3) is 11.1. The lowest BCUT2D eigenvalue weighted by Crippen LogP contribution is -2.29. The van der Waals surface area contributed by atoms with Gasteiger partial charge in [-0.2, -0.15) is 11.3 Å². The third-order valence-electron chi connectivity index (χ3n) is 16.5. The second-order valence-electron chi connectivity index (χ2n) is 22.9. The molecule has 0 unspecified atom stereocenters. The number of aromatic nitrogens is 2. The number of carbonyl (C=O) groups is 8. The molecule has 0 radical (unpaired) electrons. The molecule has 93 heavy (non-hydrogen) atoms. The van der Waals surface area contributed by atoms with Crippen LogP contribution in [0.25, 0.3) is 32.0 Å². The van der Waals surface area contributed by atoms with Crippen molar-refractivity contribution in [2.24, 2.45) is 0 Å². The van der Waals surface area contributed by atoms with Crippen LogP contribution in [0.1, 0.15) is 144 Å². The van der Waals surface area contributed by atoms with Crippen LogP contribution in [-0.2, 0) is 0 Å². The Morgan fingerprint density at radius 2 is 0.892 bits per heavy atom. The van der Waals surface area contributed by atoms with E-state index < -0.39 is 0 Å². The molecule has 10 heterocycles. The highest BCUT2D eigenvalue weighted by Crippen LogP contribution is 2.40. The second kappa shape index (κ2) is 25.0. The summed E-state index contributed by atoms with van der Waals surface area (Å²) in [5.74, 6) is -0.497. The Labute approximate surface area is 550 Å². The molecule has 0 bridgehead atoms. The summed E-state index contributed by atoms with van der Waals surface area (Å²) in [5, 5.41) is 10.00. The van der Waals surface area contributed by atoms with Gasteiger partial charge in [-0.05, 0) is 185 Å². The number of amides is 8. The first-order valence-electron chi connectivity index (χ1n) is 29.4. The van der Waals surface area contributed by atoms with E-state index >= 15 is 0 Å². The molecule has 4 aliphatic rings. The maximum Gasteiger partial charge on any atom is 0.268 e. The highest BCUT2D eigenvalue weighted by molar-refractivity contribution is 7.21. The van der Waals surface area contributed by atoms with Gasteiger partial charge in [0.05, 0.1) is 72.2 Å². The van der Waals surface area contributed by atoms with Crippen LogP contribution in [0.2, 0.25) is 0 Å². The predicted octanol–water partition coefficient (Wildman–Crippen LogP) is 17.2. The summed E-state index contributed by atoms with van der Waals surface area (Å²) in [6.45, 7) is 21.1. The first-order chi connectivity index (χ1) is 44.6. The fraction of sp³-hybridized carbons (Fsp3) is 0.151. The Hall–Kier alpha value is -10.4. The van der Waals surface area contributed by atoms with Crippen molar-refractivity contribution in [2.75, 3.05) is 19.6 Å². The number of benzene rings is 6. The van der Waals surface area contributed by atoms with Crippen LogP contribution in [0.5, 0.6) is 0 Å². The quantitative estimate of drug-likeness (QED) is 0.148. The molecule has 0 saturated carbocycles. The molecular formula is C73H58N6O10S4. The minimum atomic E-state index is -0.314. The zero-order valence-corrected chi connectivity index (χ0v) is 55.6. The van der Waals surface area contributed by atoms with Crippen LogP contribution in [-0.4, -0.2) is 57.2 Å². The summed E-state index contributed by atoms with van der Waals surface area (Å²) in [7, 11) is 0. The average Bonchev–Trinajstić information content (AvgIpc) is 1.63. The van der Waals surface area contributed by atoms with Crippen LogP contribution in [0, 0.1) is 76.2 Å². The van der Waals surface area contributed by atoms with E-state index in [9.17, 15) is 38.4 Å². The van der Waals surface area contributed by atoms with Gasteiger partial charge in [0.15, 0.2) is 16.6 Å². The SMILES string of the molecule is Cc1ccc(C)c2c1C(=O)N(c1ccco1)C2=O.Cc1ccc(C)c2c1C(=O)N(c1cccs1)C2=O.Cc1ccc(C)c2c1C(=O)N(c1ccsc1)C2=O.Cc1ccc(C)c2c1C(=O)N(c1cscn1)C2=O.Cc1ccc2cc(-c3nc4c(C)ccc(C)c4s3)oc2c1. The van der Waals surface area contributed by atoms with Gasteiger partial charge < -0.3 is 8.83 Å². The Balaban J connectivity index is 0.000000112. The number of furan rings is 2. The number of rotatable bonds is 5. The number of carbonyl (C=O) groups excluding carboxylic acids is 8. The number of anilines is 4. The van der Waals surface area contributed by atoms with Gasteiger partial charge >= 0.3 is 0 Å². The molecule has 0 atom stereocenters. The smallest absolute Gasteiger partial charge is 0.268 e. The van der Waals surface area contributed by atoms with Crippen LogP contribution in [0.4, 0.5) is 22.4 Å². The highest BCUT2D eigenvalue weighted by Gasteiger charge is 2.43. The second-order valence-corrected chi connectivity index (χ2v) is 26.3. The molecule has 0 N–H and O–H groups in total. The van der Waals surface area contributed by atoms with Gasteiger partial charge in [-0.25, -0.2) is 29.6 Å². The normalized spacial score (nSPS) is 13.6. The van der Waals surface area contributed by atoms with Crippen LogP contribution in [0.3, 0.4) is 0 Å². The molecule has 16 rings (SSSR count). The molecule has 0 saturated heterocycles. The number of thiophene rings is 2. The molecule has 20 heteroatoms. The molecule has 12 aromatic rings. The van der Waals surface area contributed by atoms with Gasteiger partial charge in [0, 0.05) is 22.2 Å². The first-order valence-corrected chi connectivity index (χ1v) is 32.9. The number of hydrogen-bond donors (Lipinski definition) is 0. The number of imide groups is 4. The Morgan fingerprint density at radius 3 is 1.32 bits per heavy atom. The van der Waals surface area contributed by atoms with Crippen molar-refractivity contribution in [1.29, 1.82) is 0 Å². The van der Waals surface area contributed by atoms with Crippen molar-refractivity contribution in [2.45, 2.75) is 76.2 Å². The number of aryl methyl sites for hydroxylation is 11. The minimum absolute atomic E-state index is 0.210. The molecular weight excluding hydrogens is 1250 g/mol. The summed E-state index contributed by atoms with van der Waals surface area (Å²) >= 11 is 5.93. The summed E-state index contributed by atoms with van der Waals surface area (Å²) < 4.78 is 12.4. The molecule has 16 nitrogen and oxygen atoms in total. The van der Waals surface area contributed by atoms with Gasteiger partial charge in [0.1, 0.15) is 10.6 Å². The topological polar surface area (TPSA) is 202 Å². The van der Waals surface area contributed by atoms with E-state index in [1.54, 1.807) is 46.5 Å². The van der Waals surface area contributed by atoms with Crippen molar-refractivity contribution >= 4 is 136 Å². The fourth-order valence-electron chi connectivity index (χ4n) is 11.7. The monoisotopic (exact) mass is 1310 g/mol. The molecule has 464 valence electrons. The molecule has 6 aromatic carbocycles. The number of nitrogens with zero attached hydrogens (tertiary/aromatic N) is 6. The zero-order chi connectivity index (χ0) is 66.0. The Bertz CT molecular complexity index is 4400. The minimum Gasteiger partial charge on any atom is -0.454 e. The maximum absolute atomic E-state index is 12.4. The van der Waals surface area contributed by atoms with E-state index in [1.807, 2.05) is 126 Å². The largest absolute Gasteiger partial charge is 0.454 e. The van der Waals surface area contributed by atoms with E-state index in [2.05, 4.69) is 62.2 Å². The number of hydrogen-bond acceptors (Lipinski definition) is 16. The predicted molar refractivity (Wildman–Crippen MR) is 367 cm³/mol. The molecule has 0 fully saturated rings. The van der Waals surface area contributed by atoms with Crippen molar-refractivity contribution in [3.63, 3.8) is 0 Å². The lowest BCUT2D eigenvalue weighted by atomic mass is 9.99. The summed E-state index contributed by atoms with van der Waals surface area (Å²) in [6, 6.07) is 36.3. The summed E-state index contributed by atoms with van der Waals surface area (Å²) in [5.41, 5.74) is 18.8. The zero-order valence-electron chi connectivity index (χ0n) is 52.3. The number of fused-ring (bicyclic) bond motifs is 6. The molecule has 6 aromatic heterocycles. The van der Waals surface area contributed by atoms with Crippen molar-refractivity contribution in [3.8, 4) is 10.8 Å². The maximum atomic E-state index is 12.4. The summed E-state index contributed by atoms with van der Waals surface area (Å²) in [4.78, 5) is 113. The van der Waals surface area contributed by atoms with Crippen LogP contribution >= 0.6 is 45.3 Å². The fourth-order valence-corrected chi connectivity index (χ4v) is 14.6. The van der Waals surface area contributed by atoms with Gasteiger partial charge in [0.25, 0.3) is 47.3 Å². The van der Waals surface area contributed by atoms with Gasteiger partial charge in [-0.15, -0.1) is 34.0 Å². The van der Waals surface area contributed by atoms with Gasteiger partial charge in [-0.1, -0.05) is 72.8 Å². The molecule has 0 spiro atoms. The van der Waals surface area contributed by atoms with E-state index in [0.717, 1.165) is 81.6 Å². The lowest BCUT2D eigenvalue weighted by molar-refractivity contribution is 0.0905. The molecule has 4 aliphatic heterocycles. The van der Waals surface area contributed by atoms with E-state index in [4.69, 9.17) is 13.8 Å². The van der Waals surface area contributed by atoms with Crippen LogP contribution < -0.4 is 19.6 Å². The molecule has 8 amide bonds.